The minimum atomic E-state index is -0.729. The first-order valence-electron chi connectivity index (χ1n) is 12.5. The molecule has 2 aliphatic heterocycles. The second-order valence-corrected chi connectivity index (χ2v) is 9.63. The van der Waals surface area contributed by atoms with E-state index < -0.39 is 18.1 Å². The molecule has 1 N–H and O–H groups in total. The molecule has 3 heterocycles. The van der Waals surface area contributed by atoms with E-state index in [1.54, 1.807) is 4.90 Å². The zero-order valence-corrected chi connectivity index (χ0v) is 20.7. The van der Waals surface area contributed by atoms with Gasteiger partial charge in [-0.25, -0.2) is 4.39 Å². The fourth-order valence-corrected chi connectivity index (χ4v) is 5.85. The number of fused-ring (bicyclic) bond motifs is 3. The molecule has 1 aliphatic carbocycles. The van der Waals surface area contributed by atoms with E-state index in [-0.39, 0.29) is 24.2 Å². The summed E-state index contributed by atoms with van der Waals surface area (Å²) in [5, 5.41) is 12.5. The Morgan fingerprint density at radius 1 is 1.35 bits per heavy atom. The van der Waals surface area contributed by atoms with Crippen LogP contribution < -0.4 is 15.0 Å². The van der Waals surface area contributed by atoms with Crippen LogP contribution in [0.3, 0.4) is 0 Å². The van der Waals surface area contributed by atoms with Gasteiger partial charge in [-0.2, -0.15) is 15.2 Å². The highest BCUT2D eigenvalue weighted by Gasteiger charge is 2.48. The van der Waals surface area contributed by atoms with Crippen LogP contribution in [0, 0.1) is 11.3 Å². The Kier molecular flexibility index (Phi) is 6.78. The number of alkyl halides is 1. The van der Waals surface area contributed by atoms with Crippen LogP contribution in [0.5, 0.6) is 6.01 Å². The Morgan fingerprint density at radius 3 is 2.97 bits per heavy atom. The maximum atomic E-state index is 13.7. The highest BCUT2D eigenvalue weighted by molar-refractivity contribution is 6.04. The van der Waals surface area contributed by atoms with Crippen LogP contribution in [0.4, 0.5) is 15.9 Å². The van der Waals surface area contributed by atoms with Crippen molar-refractivity contribution in [1.82, 2.24) is 14.9 Å². The Hall–Kier alpha value is -4.00. The van der Waals surface area contributed by atoms with Crippen LogP contribution in [-0.2, 0) is 27.8 Å². The first-order chi connectivity index (χ1) is 18.0. The van der Waals surface area contributed by atoms with Crippen molar-refractivity contribution in [3.63, 3.8) is 0 Å². The molecule has 2 amide bonds. The van der Waals surface area contributed by atoms with Crippen molar-refractivity contribution in [2.24, 2.45) is 0 Å². The van der Waals surface area contributed by atoms with Crippen molar-refractivity contribution in [3.05, 3.63) is 53.2 Å². The van der Waals surface area contributed by atoms with Gasteiger partial charge in [-0.15, -0.1) is 0 Å². The van der Waals surface area contributed by atoms with Crippen molar-refractivity contribution in [3.8, 4) is 12.1 Å². The van der Waals surface area contributed by atoms with Gasteiger partial charge in [0.25, 0.3) is 0 Å². The zero-order chi connectivity index (χ0) is 26.0. The number of nitrogens with one attached hydrogen (secondary N) is 1. The molecular formula is C27H29FN6O3. The van der Waals surface area contributed by atoms with Gasteiger partial charge in [-0.05, 0) is 36.5 Å². The lowest BCUT2D eigenvalue weighted by atomic mass is 9.65. The number of carbonyl (C=O) groups is 2. The number of aryl methyl sites for hydroxylation is 1. The average molecular weight is 505 g/mol. The summed E-state index contributed by atoms with van der Waals surface area (Å²) in [6.07, 6.45) is 5.51. The van der Waals surface area contributed by atoms with Crippen molar-refractivity contribution in [2.45, 2.75) is 43.6 Å². The standard InChI is InChI=1S/C27H29FN6O3/c1-37-26-30-21-16-27(11-4-7-18-6-2-3-8-20(18)27)25(36)31-23(21)24(32-26)33-14-15-34(19(17-33)10-13-29)22(35)9-5-12-28/h2-3,5-6,8-9,19H,4,7,10-12,14-17H2,1H3,(H,31,36)/b9-5+. The lowest BCUT2D eigenvalue weighted by Gasteiger charge is -2.44. The molecule has 2 unspecified atom stereocenters. The predicted molar refractivity (Wildman–Crippen MR) is 135 cm³/mol. The zero-order valence-electron chi connectivity index (χ0n) is 20.7. The monoisotopic (exact) mass is 504 g/mol. The number of methoxy groups -OCH3 is 1. The van der Waals surface area contributed by atoms with Gasteiger partial charge in [0, 0.05) is 32.1 Å². The van der Waals surface area contributed by atoms with E-state index in [1.165, 1.54) is 24.8 Å². The summed E-state index contributed by atoms with van der Waals surface area (Å²) in [6.45, 7) is 0.355. The molecule has 9 nitrogen and oxygen atoms in total. The number of amides is 2. The molecule has 0 radical (unpaired) electrons. The molecule has 2 aromatic rings. The summed E-state index contributed by atoms with van der Waals surface area (Å²) in [5.41, 5.74) is 2.80. The molecule has 192 valence electrons. The van der Waals surface area contributed by atoms with Crippen molar-refractivity contribution >= 4 is 23.3 Å². The molecule has 2 atom stereocenters. The number of nitrogens with zero attached hydrogens (tertiary/aromatic N) is 5. The Morgan fingerprint density at radius 2 is 2.19 bits per heavy atom. The van der Waals surface area contributed by atoms with Gasteiger partial charge >= 0.3 is 6.01 Å². The number of nitriles is 1. The number of piperazine rings is 1. The minimum Gasteiger partial charge on any atom is -0.467 e. The molecule has 10 heteroatoms. The molecule has 37 heavy (non-hydrogen) atoms. The van der Waals surface area contributed by atoms with Crippen molar-refractivity contribution in [2.75, 3.05) is 43.6 Å². The van der Waals surface area contributed by atoms with Crippen LogP contribution in [-0.4, -0.2) is 66.1 Å². The average Bonchev–Trinajstić information content (AvgIpc) is 2.92. The number of carbonyl (C=O) groups excluding carboxylic acids is 2. The molecule has 1 spiro atoms. The summed E-state index contributed by atoms with van der Waals surface area (Å²) in [4.78, 5) is 39.1. The molecule has 0 saturated carbocycles. The number of halogens is 1. The van der Waals surface area contributed by atoms with E-state index in [1.807, 2.05) is 23.1 Å². The van der Waals surface area contributed by atoms with E-state index in [0.29, 0.717) is 43.3 Å². The minimum absolute atomic E-state index is 0.0686. The van der Waals surface area contributed by atoms with Crippen LogP contribution in [0.1, 0.15) is 36.1 Å². The third-order valence-corrected chi connectivity index (χ3v) is 7.59. The number of benzene rings is 1. The van der Waals surface area contributed by atoms with Gasteiger partial charge in [0.05, 0.1) is 36.8 Å². The maximum absolute atomic E-state index is 13.7. The number of anilines is 2. The first-order valence-corrected chi connectivity index (χ1v) is 12.5. The Bertz CT molecular complexity index is 1290. The summed E-state index contributed by atoms with van der Waals surface area (Å²) >= 11 is 0. The number of rotatable bonds is 5. The second kappa shape index (κ2) is 10.2. The fraction of sp³-hybridized carbons (Fsp3) is 0.444. The van der Waals surface area contributed by atoms with Gasteiger partial charge < -0.3 is 19.9 Å². The van der Waals surface area contributed by atoms with Crippen molar-refractivity contribution in [1.29, 1.82) is 5.26 Å². The predicted octanol–water partition coefficient (Wildman–Crippen LogP) is 2.71. The number of hydrogen-bond donors (Lipinski definition) is 1. The lowest BCUT2D eigenvalue weighted by Crippen LogP contribution is -2.55. The molecule has 1 fully saturated rings. The highest BCUT2D eigenvalue weighted by Crippen LogP contribution is 2.46. The molecular weight excluding hydrogens is 475 g/mol. The van der Waals surface area contributed by atoms with Crippen molar-refractivity contribution < 1.29 is 18.7 Å². The van der Waals surface area contributed by atoms with Crippen LogP contribution >= 0.6 is 0 Å². The van der Waals surface area contributed by atoms with E-state index in [0.717, 1.165) is 24.8 Å². The molecule has 1 aromatic heterocycles. The normalized spacial score (nSPS) is 22.8. The summed E-state index contributed by atoms with van der Waals surface area (Å²) < 4.78 is 18.0. The van der Waals surface area contributed by atoms with Gasteiger partial charge in [0.15, 0.2) is 5.82 Å². The van der Waals surface area contributed by atoms with Gasteiger partial charge in [0.2, 0.25) is 11.8 Å². The van der Waals surface area contributed by atoms with E-state index in [4.69, 9.17) is 4.74 Å². The molecule has 3 aliphatic rings. The maximum Gasteiger partial charge on any atom is 0.318 e. The molecule has 1 saturated heterocycles. The van der Waals surface area contributed by atoms with Gasteiger partial charge in [-0.1, -0.05) is 24.3 Å². The highest BCUT2D eigenvalue weighted by atomic mass is 19.1. The number of aromatic nitrogens is 2. The summed E-state index contributed by atoms with van der Waals surface area (Å²) in [5.74, 6) is 0.121. The Balaban J connectivity index is 1.50. The van der Waals surface area contributed by atoms with Gasteiger partial charge in [-0.3, -0.25) is 9.59 Å². The third-order valence-electron chi connectivity index (χ3n) is 7.59. The lowest BCUT2D eigenvalue weighted by molar-refractivity contribution is -0.128. The fourth-order valence-electron chi connectivity index (χ4n) is 5.85. The SMILES string of the molecule is COc1nc2c(c(N3CCN(C(=O)/C=C/CF)C(CC#N)C3)n1)NC(=O)C1(CCCc3ccccc31)C2. The van der Waals surface area contributed by atoms with E-state index in [9.17, 15) is 19.2 Å². The molecule has 0 bridgehead atoms. The van der Waals surface area contributed by atoms with Gasteiger partial charge in [0.1, 0.15) is 12.4 Å². The molecule has 5 rings (SSSR count). The summed E-state index contributed by atoms with van der Waals surface area (Å²) in [7, 11) is 1.50. The summed E-state index contributed by atoms with van der Waals surface area (Å²) in [6, 6.07) is 10.0. The second-order valence-electron chi connectivity index (χ2n) is 9.63. The van der Waals surface area contributed by atoms with Crippen LogP contribution in [0.25, 0.3) is 0 Å². The third kappa shape index (κ3) is 4.39. The Labute approximate surface area is 214 Å². The van der Waals surface area contributed by atoms with Crippen LogP contribution in [0.2, 0.25) is 0 Å². The number of allylic oxidation sites excluding steroid dienone is 1. The topological polar surface area (TPSA) is 111 Å². The first kappa shape index (κ1) is 24.7. The quantitative estimate of drug-likeness (QED) is 0.623. The molecule has 1 aromatic carbocycles. The van der Waals surface area contributed by atoms with E-state index >= 15 is 0 Å². The van der Waals surface area contributed by atoms with Crippen LogP contribution in [0.15, 0.2) is 36.4 Å². The largest absolute Gasteiger partial charge is 0.467 e. The van der Waals surface area contributed by atoms with E-state index in [2.05, 4.69) is 27.4 Å². The number of ether oxygens (including phenoxy) is 1. The smallest absolute Gasteiger partial charge is 0.318 e. The number of hydrogen-bond acceptors (Lipinski definition) is 7.